The summed E-state index contributed by atoms with van der Waals surface area (Å²) in [6.07, 6.45) is -8.05. The van der Waals surface area contributed by atoms with Crippen LogP contribution in [0.15, 0.2) is 12.3 Å². The Balaban J connectivity index is 2.03. The Labute approximate surface area is 344 Å². The van der Waals surface area contributed by atoms with Crippen molar-refractivity contribution < 1.29 is 72.3 Å². The molecular weight excluding hydrogens is 758 g/mol. The quantitative estimate of drug-likeness (QED) is 0.183. The molecule has 334 valence electrons. The Bertz CT molecular complexity index is 1440. The van der Waals surface area contributed by atoms with E-state index in [1.807, 2.05) is 32.8 Å². The number of ketones is 1. The largest absolute Gasteiger partial charge is 0.491 e. The van der Waals surface area contributed by atoms with Gasteiger partial charge in [0.2, 0.25) is 0 Å². The lowest BCUT2D eigenvalue weighted by molar-refractivity contribution is -0.341. The van der Waals surface area contributed by atoms with Crippen molar-refractivity contribution >= 4 is 17.7 Å². The molecule has 16 heteroatoms. The number of esters is 2. The van der Waals surface area contributed by atoms with Crippen molar-refractivity contribution in [2.45, 2.75) is 173 Å². The maximum absolute atomic E-state index is 14.4. The highest BCUT2D eigenvalue weighted by atomic mass is 16.7. The van der Waals surface area contributed by atoms with Gasteiger partial charge in [-0.2, -0.15) is 0 Å². The lowest BCUT2D eigenvalue weighted by atomic mass is 9.64. The van der Waals surface area contributed by atoms with Gasteiger partial charge in [-0.1, -0.05) is 27.7 Å². The third-order valence-corrected chi connectivity index (χ3v) is 13.8. The average Bonchev–Trinajstić information content (AvgIpc) is 3.20. The molecule has 0 aromatic heterocycles. The first kappa shape index (κ1) is 48.4. The van der Waals surface area contributed by atoms with Crippen LogP contribution in [0.1, 0.15) is 88.0 Å². The van der Waals surface area contributed by atoms with E-state index in [1.165, 1.54) is 27.4 Å². The van der Waals surface area contributed by atoms with E-state index < -0.39 is 126 Å². The van der Waals surface area contributed by atoms with Gasteiger partial charge in [-0.3, -0.25) is 9.59 Å². The number of carbonyl (C=O) groups excluding carboxylic acids is 3. The fourth-order valence-corrected chi connectivity index (χ4v) is 10.0. The molecule has 58 heavy (non-hydrogen) atoms. The number of hydrogen-bond acceptors (Lipinski definition) is 16. The van der Waals surface area contributed by atoms with Gasteiger partial charge in [0.15, 0.2) is 18.7 Å². The molecule has 0 aliphatic carbocycles. The summed E-state index contributed by atoms with van der Waals surface area (Å²) in [6, 6.07) is -0.425. The number of aliphatic hydroxyl groups excluding tert-OH is 2. The first-order valence-electron chi connectivity index (χ1n) is 20.6. The average molecular weight is 830 g/mol. The van der Waals surface area contributed by atoms with Gasteiger partial charge in [-0.05, 0) is 68.0 Å². The van der Waals surface area contributed by atoms with E-state index in [0.717, 1.165) is 6.08 Å². The molecular formula is C42H71NO15. The summed E-state index contributed by atoms with van der Waals surface area (Å²) < 4.78 is 57.2. The molecule has 3 N–H and O–H groups in total. The van der Waals surface area contributed by atoms with E-state index in [-0.39, 0.29) is 25.0 Å². The van der Waals surface area contributed by atoms with Crippen LogP contribution in [0.2, 0.25) is 0 Å². The van der Waals surface area contributed by atoms with Gasteiger partial charge >= 0.3 is 11.9 Å². The lowest BCUT2D eigenvalue weighted by Gasteiger charge is -2.56. The summed E-state index contributed by atoms with van der Waals surface area (Å²) in [7, 11) is 8.11. The number of likely N-dealkylation sites (N-methyl/N-ethyl adjacent to an activating group) is 1. The number of Topliss-reactive ketones (excluding diaryl/α,β-unsaturated/α-hetero) is 1. The highest BCUT2D eigenvalue weighted by Gasteiger charge is 2.62. The number of ether oxygens (including phenoxy) is 9. The molecule has 19 atom stereocenters. The van der Waals surface area contributed by atoms with Crippen LogP contribution in [0, 0.1) is 29.1 Å². The van der Waals surface area contributed by atoms with Crippen molar-refractivity contribution in [3.8, 4) is 0 Å². The number of cyclic esters (lactones) is 1. The van der Waals surface area contributed by atoms with Crippen LogP contribution in [0.4, 0.5) is 0 Å². The number of hydrogen-bond donors (Lipinski definition) is 3. The molecule has 4 aliphatic rings. The van der Waals surface area contributed by atoms with Crippen LogP contribution in [-0.2, 0) is 57.0 Å². The van der Waals surface area contributed by atoms with Crippen LogP contribution in [0.5, 0.6) is 0 Å². The second kappa shape index (κ2) is 19.2. The smallest absolute Gasteiger partial charge is 0.333 e. The number of methoxy groups -OCH3 is 3. The molecule has 2 unspecified atom stereocenters. The molecule has 6 bridgehead atoms. The molecule has 0 aromatic carbocycles. The molecule has 4 saturated heterocycles. The van der Waals surface area contributed by atoms with E-state index in [0.29, 0.717) is 6.42 Å². The highest BCUT2D eigenvalue weighted by Crippen LogP contribution is 2.51. The van der Waals surface area contributed by atoms with Crippen LogP contribution < -0.4 is 0 Å². The first-order valence-corrected chi connectivity index (χ1v) is 20.6. The van der Waals surface area contributed by atoms with Crippen LogP contribution in [0.25, 0.3) is 0 Å². The van der Waals surface area contributed by atoms with Gasteiger partial charge in [0.25, 0.3) is 0 Å². The van der Waals surface area contributed by atoms with E-state index in [2.05, 4.69) is 0 Å². The molecule has 4 aliphatic heterocycles. The molecule has 0 spiro atoms. The van der Waals surface area contributed by atoms with Gasteiger partial charge < -0.3 is 62.9 Å². The van der Waals surface area contributed by atoms with Gasteiger partial charge in [-0.15, -0.1) is 0 Å². The Morgan fingerprint density at radius 3 is 2.19 bits per heavy atom. The second-order valence-electron chi connectivity index (χ2n) is 17.7. The minimum absolute atomic E-state index is 0.0840. The van der Waals surface area contributed by atoms with Crippen LogP contribution in [0.3, 0.4) is 0 Å². The minimum Gasteiger partial charge on any atom is -0.491 e. The zero-order valence-corrected chi connectivity index (χ0v) is 36.9. The van der Waals surface area contributed by atoms with Gasteiger partial charge in [0.1, 0.15) is 17.5 Å². The minimum atomic E-state index is -1.98. The highest BCUT2D eigenvalue weighted by molar-refractivity contribution is 5.83. The van der Waals surface area contributed by atoms with Crippen LogP contribution in [-0.4, -0.2) is 158 Å². The Morgan fingerprint density at radius 1 is 0.966 bits per heavy atom. The van der Waals surface area contributed by atoms with E-state index >= 15 is 0 Å². The summed E-state index contributed by atoms with van der Waals surface area (Å²) in [6.45, 7) is 15.3. The summed E-state index contributed by atoms with van der Waals surface area (Å²) in [4.78, 5) is 42.7. The Hall–Kier alpha value is -2.25. The molecule has 0 aromatic rings. The van der Waals surface area contributed by atoms with Crippen LogP contribution >= 0.6 is 0 Å². The van der Waals surface area contributed by atoms with Crippen molar-refractivity contribution in [1.82, 2.24) is 4.90 Å². The van der Waals surface area contributed by atoms with Crippen molar-refractivity contribution in [3.63, 3.8) is 0 Å². The zero-order chi connectivity index (χ0) is 43.7. The molecule has 4 fully saturated rings. The van der Waals surface area contributed by atoms with E-state index in [4.69, 9.17) is 42.6 Å². The maximum Gasteiger partial charge on any atom is 0.333 e. The second-order valence-corrected chi connectivity index (χ2v) is 17.7. The fourth-order valence-electron chi connectivity index (χ4n) is 10.0. The first-order chi connectivity index (χ1) is 27.1. The molecule has 0 amide bonds. The standard InChI is InChI=1S/C42H71NO15/c1-15-28-41(9,49)35(46)22(3)32(45)21(2)19-40(8,52-14)37-23(4)33(24(5)38(48)55-28)57-31-20-42(26(7)50-12,36(47)25(6)54-31)29-18-27(43(10)11)34(39(56-29)58-37)53-17-16-30(44)51-13/h16-17,21-29,31,33-37,39,46-47,49H,15,18-20H2,1-14H3/b17-16+/t21-,22+,23+,24-,25+,26?,27+,28-,29+,31+,33+,34-,35-,36+,37-,39+,40+,41-,42?/m1/s1. The normalized spacial score (nSPS) is 46.4. The third-order valence-electron chi connectivity index (χ3n) is 13.8. The SMILES string of the molecule is CC[C@H]1OC(=O)[C@H](C)[C@H]2O[C@H]3CC(C(C)OC)([C@@H]4C[C@H](N(C)C)[C@@H](O/C=C/C(=O)OC)[C@@H](O4)O[C@H]([C@H]2C)[C@@](C)(OC)C[C@@H](C)C(=O)[C@H](C)[C@@H](O)[C@]1(C)O)[C@@H](O)[C@H](C)O3. The Kier molecular flexibility index (Phi) is 16.0. The van der Waals surface area contributed by atoms with Crippen molar-refractivity contribution in [2.24, 2.45) is 29.1 Å². The van der Waals surface area contributed by atoms with Gasteiger partial charge in [-0.25, -0.2) is 4.79 Å². The maximum atomic E-state index is 14.4. The van der Waals surface area contributed by atoms with E-state index in [9.17, 15) is 29.7 Å². The number of fused-ring (bicyclic) bond motifs is 7. The molecule has 4 rings (SSSR count). The molecule has 4 heterocycles. The number of aliphatic hydroxyl groups is 3. The van der Waals surface area contributed by atoms with Crippen molar-refractivity contribution in [3.05, 3.63) is 12.3 Å². The van der Waals surface area contributed by atoms with E-state index in [1.54, 1.807) is 48.7 Å². The van der Waals surface area contributed by atoms with Crippen molar-refractivity contribution in [2.75, 3.05) is 35.4 Å². The predicted molar refractivity (Wildman–Crippen MR) is 209 cm³/mol. The topological polar surface area (TPSA) is 198 Å². The number of nitrogens with zero attached hydrogens (tertiary/aromatic N) is 1. The number of carbonyl (C=O) groups is 3. The zero-order valence-electron chi connectivity index (χ0n) is 36.9. The Morgan fingerprint density at radius 2 is 1.62 bits per heavy atom. The van der Waals surface area contributed by atoms with Crippen molar-refractivity contribution in [1.29, 1.82) is 0 Å². The van der Waals surface area contributed by atoms with Gasteiger partial charge in [0.05, 0.1) is 85.2 Å². The summed E-state index contributed by atoms with van der Waals surface area (Å²) in [5, 5.41) is 35.5. The monoisotopic (exact) mass is 829 g/mol. The van der Waals surface area contributed by atoms with Gasteiger partial charge in [0, 0.05) is 38.4 Å². The summed E-state index contributed by atoms with van der Waals surface area (Å²) in [5.41, 5.74) is -4.43. The lowest BCUT2D eigenvalue weighted by Crippen LogP contribution is -2.67. The summed E-state index contributed by atoms with van der Waals surface area (Å²) in [5.74, 6) is -5.21. The fraction of sp³-hybridized carbons (Fsp3) is 0.881. The molecule has 0 saturated carbocycles. The summed E-state index contributed by atoms with van der Waals surface area (Å²) >= 11 is 0. The number of rotatable bonds is 8. The molecule has 16 nitrogen and oxygen atoms in total. The molecule has 0 radical (unpaired) electrons. The predicted octanol–water partition coefficient (Wildman–Crippen LogP) is 2.76. The third kappa shape index (κ3) is 9.31.